The first-order valence-electron chi connectivity index (χ1n) is 5.65. The van der Waals surface area contributed by atoms with Crippen LogP contribution in [-0.2, 0) is 18.4 Å². The van der Waals surface area contributed by atoms with Crippen LogP contribution in [0.15, 0.2) is 36.5 Å². The summed E-state index contributed by atoms with van der Waals surface area (Å²) in [5.41, 5.74) is 1.19. The number of carbonyl (C=O) groups is 2. The number of anilines is 1. The fourth-order valence-corrected chi connectivity index (χ4v) is 1.55. The Kier molecular flexibility index (Phi) is 3.92. The van der Waals surface area contributed by atoms with Gasteiger partial charge in [-0.3, -0.25) is 14.8 Å². The van der Waals surface area contributed by atoms with Crippen molar-refractivity contribution < 1.29 is 14.3 Å². The van der Waals surface area contributed by atoms with Gasteiger partial charge in [-0.2, -0.15) is 5.10 Å². The Hall–Kier alpha value is -2.63. The average molecular weight is 259 g/mol. The number of benzene rings is 1. The van der Waals surface area contributed by atoms with Gasteiger partial charge in [-0.25, -0.2) is 4.79 Å². The number of ether oxygens (including phenoxy) is 1. The number of rotatable bonds is 4. The monoisotopic (exact) mass is 259 g/mol. The minimum Gasteiger partial charge on any atom is -0.444 e. The highest BCUT2D eigenvalue weighted by Crippen LogP contribution is 2.12. The molecular formula is C13H13N3O3. The number of hydrogen-bond donors (Lipinski definition) is 1. The molecule has 0 aliphatic rings. The first-order chi connectivity index (χ1) is 9.20. The Balaban J connectivity index is 1.94. The molecule has 0 bridgehead atoms. The number of nitrogens with one attached hydrogen (secondary N) is 1. The maximum Gasteiger partial charge on any atom is 0.413 e. The molecule has 2 aromatic rings. The molecule has 0 saturated heterocycles. The second kappa shape index (κ2) is 5.81. The molecular weight excluding hydrogens is 246 g/mol. The van der Waals surface area contributed by atoms with Crippen molar-refractivity contribution in [2.75, 3.05) is 5.32 Å². The largest absolute Gasteiger partial charge is 0.444 e. The topological polar surface area (TPSA) is 73.2 Å². The Labute approximate surface area is 110 Å². The lowest BCUT2D eigenvalue weighted by atomic mass is 10.2. The van der Waals surface area contributed by atoms with Crippen LogP contribution in [0.5, 0.6) is 0 Å². The van der Waals surface area contributed by atoms with Crippen LogP contribution in [0.4, 0.5) is 10.6 Å². The number of aldehydes is 1. The molecule has 0 radical (unpaired) electrons. The summed E-state index contributed by atoms with van der Waals surface area (Å²) in [5.74, 6) is 0.313. The van der Waals surface area contributed by atoms with Gasteiger partial charge in [0.25, 0.3) is 0 Å². The lowest BCUT2D eigenvalue weighted by molar-refractivity contribution is 0.112. The van der Waals surface area contributed by atoms with Crippen molar-refractivity contribution in [3.8, 4) is 0 Å². The summed E-state index contributed by atoms with van der Waals surface area (Å²) in [4.78, 5) is 22.4. The highest BCUT2D eigenvalue weighted by Gasteiger charge is 2.12. The van der Waals surface area contributed by atoms with Gasteiger partial charge in [0.05, 0.1) is 11.8 Å². The summed E-state index contributed by atoms with van der Waals surface area (Å²) in [7, 11) is 1.62. The second-order valence-electron chi connectivity index (χ2n) is 3.88. The van der Waals surface area contributed by atoms with Crippen molar-refractivity contribution in [1.82, 2.24) is 9.78 Å². The van der Waals surface area contributed by atoms with Gasteiger partial charge < -0.3 is 4.74 Å². The SMILES string of the molecule is Cn1ncc(C=O)c1NC(=O)OCc1ccccc1. The van der Waals surface area contributed by atoms with E-state index >= 15 is 0 Å². The van der Waals surface area contributed by atoms with Crippen molar-refractivity contribution >= 4 is 18.2 Å². The molecule has 2 rings (SSSR count). The quantitative estimate of drug-likeness (QED) is 0.852. The number of aromatic nitrogens is 2. The number of hydrogen-bond acceptors (Lipinski definition) is 4. The Morgan fingerprint density at radius 3 is 2.84 bits per heavy atom. The molecule has 1 N–H and O–H groups in total. The molecule has 0 aliphatic heterocycles. The van der Waals surface area contributed by atoms with Crippen LogP contribution < -0.4 is 5.32 Å². The highest BCUT2D eigenvalue weighted by molar-refractivity contribution is 5.91. The van der Waals surface area contributed by atoms with E-state index in [1.165, 1.54) is 10.9 Å². The number of carbonyl (C=O) groups excluding carboxylic acids is 2. The minimum absolute atomic E-state index is 0.168. The van der Waals surface area contributed by atoms with Crippen LogP contribution in [0.1, 0.15) is 15.9 Å². The summed E-state index contributed by atoms with van der Waals surface area (Å²) in [6.07, 6.45) is 1.37. The molecule has 1 amide bonds. The maximum absolute atomic E-state index is 11.6. The lowest BCUT2D eigenvalue weighted by Crippen LogP contribution is -2.16. The molecule has 0 atom stereocenters. The van der Waals surface area contributed by atoms with Crippen LogP contribution >= 0.6 is 0 Å². The zero-order chi connectivity index (χ0) is 13.7. The van der Waals surface area contributed by atoms with E-state index < -0.39 is 6.09 Å². The summed E-state index contributed by atoms with van der Waals surface area (Å²) in [5, 5.41) is 6.36. The van der Waals surface area contributed by atoms with Crippen LogP contribution in [-0.4, -0.2) is 22.2 Å². The van der Waals surface area contributed by atoms with E-state index in [0.29, 0.717) is 17.7 Å². The molecule has 1 aromatic heterocycles. The van der Waals surface area contributed by atoms with E-state index in [9.17, 15) is 9.59 Å². The van der Waals surface area contributed by atoms with Crippen LogP contribution in [0.2, 0.25) is 0 Å². The Morgan fingerprint density at radius 1 is 1.42 bits per heavy atom. The first-order valence-corrected chi connectivity index (χ1v) is 5.65. The van der Waals surface area contributed by atoms with E-state index in [2.05, 4.69) is 10.4 Å². The van der Waals surface area contributed by atoms with Gasteiger partial charge in [-0.1, -0.05) is 30.3 Å². The predicted octanol–water partition coefficient (Wildman–Crippen LogP) is 1.98. The minimum atomic E-state index is -0.629. The molecule has 6 heteroatoms. The molecule has 0 aliphatic carbocycles. The molecule has 0 unspecified atom stereocenters. The standard InChI is InChI=1S/C13H13N3O3/c1-16-12(11(8-17)7-14-16)15-13(18)19-9-10-5-3-2-4-6-10/h2-8H,9H2,1H3,(H,15,18). The number of nitrogens with zero attached hydrogens (tertiary/aromatic N) is 2. The first kappa shape index (κ1) is 12.8. The third-order valence-corrected chi connectivity index (χ3v) is 2.53. The molecule has 0 spiro atoms. The number of aryl methyl sites for hydroxylation is 1. The summed E-state index contributed by atoms with van der Waals surface area (Å²) in [6, 6.07) is 9.32. The van der Waals surface area contributed by atoms with Crippen LogP contribution in [0.3, 0.4) is 0 Å². The number of amides is 1. The van der Waals surface area contributed by atoms with Crippen molar-refractivity contribution in [1.29, 1.82) is 0 Å². The normalized spacial score (nSPS) is 9.95. The van der Waals surface area contributed by atoms with Gasteiger partial charge in [-0.05, 0) is 5.56 Å². The van der Waals surface area contributed by atoms with E-state index in [1.54, 1.807) is 7.05 Å². The van der Waals surface area contributed by atoms with E-state index in [-0.39, 0.29) is 6.61 Å². The fraction of sp³-hybridized carbons (Fsp3) is 0.154. The predicted molar refractivity (Wildman–Crippen MR) is 68.8 cm³/mol. The molecule has 6 nitrogen and oxygen atoms in total. The maximum atomic E-state index is 11.6. The van der Waals surface area contributed by atoms with Gasteiger partial charge in [-0.15, -0.1) is 0 Å². The summed E-state index contributed by atoms with van der Waals surface area (Å²) >= 11 is 0. The molecule has 19 heavy (non-hydrogen) atoms. The Bertz CT molecular complexity index is 578. The van der Waals surface area contributed by atoms with E-state index in [1.807, 2.05) is 30.3 Å². The third kappa shape index (κ3) is 3.19. The molecule has 1 aromatic carbocycles. The van der Waals surface area contributed by atoms with Gasteiger partial charge in [0.2, 0.25) is 0 Å². The van der Waals surface area contributed by atoms with E-state index in [0.717, 1.165) is 5.56 Å². The smallest absolute Gasteiger partial charge is 0.413 e. The highest BCUT2D eigenvalue weighted by atomic mass is 16.5. The Morgan fingerprint density at radius 2 is 2.16 bits per heavy atom. The third-order valence-electron chi connectivity index (χ3n) is 2.53. The summed E-state index contributed by atoms with van der Waals surface area (Å²) < 4.78 is 6.45. The fourth-order valence-electron chi connectivity index (χ4n) is 1.55. The average Bonchev–Trinajstić information content (AvgIpc) is 2.78. The van der Waals surface area contributed by atoms with Crippen molar-refractivity contribution in [2.24, 2.45) is 7.05 Å². The van der Waals surface area contributed by atoms with Crippen molar-refractivity contribution in [2.45, 2.75) is 6.61 Å². The van der Waals surface area contributed by atoms with Gasteiger partial charge in [0, 0.05) is 7.05 Å². The van der Waals surface area contributed by atoms with Crippen LogP contribution in [0.25, 0.3) is 0 Å². The zero-order valence-electron chi connectivity index (χ0n) is 10.4. The van der Waals surface area contributed by atoms with Crippen molar-refractivity contribution in [3.05, 3.63) is 47.7 Å². The summed E-state index contributed by atoms with van der Waals surface area (Å²) in [6.45, 7) is 0.168. The lowest BCUT2D eigenvalue weighted by Gasteiger charge is -2.07. The van der Waals surface area contributed by atoms with Gasteiger partial charge >= 0.3 is 6.09 Å². The van der Waals surface area contributed by atoms with Gasteiger partial charge in [0.15, 0.2) is 6.29 Å². The molecule has 98 valence electrons. The second-order valence-corrected chi connectivity index (χ2v) is 3.88. The van der Waals surface area contributed by atoms with Gasteiger partial charge in [0.1, 0.15) is 12.4 Å². The van der Waals surface area contributed by atoms with Crippen molar-refractivity contribution in [3.63, 3.8) is 0 Å². The molecule has 0 fully saturated rings. The zero-order valence-corrected chi connectivity index (χ0v) is 10.4. The van der Waals surface area contributed by atoms with Crippen LogP contribution in [0, 0.1) is 0 Å². The molecule has 0 saturated carbocycles. The molecule has 1 heterocycles. The van der Waals surface area contributed by atoms with E-state index in [4.69, 9.17) is 4.74 Å².